The lowest BCUT2D eigenvalue weighted by Gasteiger charge is -1.95. The predicted octanol–water partition coefficient (Wildman–Crippen LogP) is 2.91. The van der Waals surface area contributed by atoms with E-state index in [-0.39, 0.29) is 0 Å². The highest BCUT2D eigenvalue weighted by molar-refractivity contribution is 7.51. The van der Waals surface area contributed by atoms with Crippen molar-refractivity contribution in [3.8, 4) is 0 Å². The molecule has 1 aromatic rings. The lowest BCUT2D eigenvalue weighted by molar-refractivity contribution is 0.630. The first-order valence-electron chi connectivity index (χ1n) is 4.72. The van der Waals surface area contributed by atoms with Gasteiger partial charge in [0.25, 0.3) is 0 Å². The van der Waals surface area contributed by atoms with Crippen LogP contribution in [0.2, 0.25) is 0 Å². The zero-order chi connectivity index (χ0) is 11.4. The maximum Gasteiger partial charge on any atom is 0.335 e. The van der Waals surface area contributed by atoms with Crippen LogP contribution in [0.1, 0.15) is 31.9 Å². The maximum atomic E-state index is 8.29. The van der Waals surface area contributed by atoms with Crippen molar-refractivity contribution in [3.63, 3.8) is 0 Å². The molecule has 0 aliphatic carbocycles. The fourth-order valence-corrected chi connectivity index (χ4v) is 0.932. The molecule has 3 heteroatoms. The molecule has 0 aliphatic rings. The second-order valence-electron chi connectivity index (χ2n) is 2.41. The minimum atomic E-state index is -0.750. The van der Waals surface area contributed by atoms with Crippen molar-refractivity contribution in [2.45, 2.75) is 34.1 Å². The van der Waals surface area contributed by atoms with Crippen LogP contribution < -0.4 is 0 Å². The van der Waals surface area contributed by atoms with Crippen LogP contribution in [0.3, 0.4) is 0 Å². The standard InChI is InChI=1S/C9H12.C2H6.O2S/c1-3-9-6-4-5-8(2)7-9;1-2;1-3-2/h4-7H,3H2,1-2H3;1-2H3;. The summed E-state index contributed by atoms with van der Waals surface area (Å²) in [6.07, 6.45) is 1.14. The van der Waals surface area contributed by atoms with Gasteiger partial charge in [0.1, 0.15) is 0 Å². The van der Waals surface area contributed by atoms with Crippen LogP contribution in [0.15, 0.2) is 24.3 Å². The smallest absolute Gasteiger partial charge is 0.168 e. The second-order valence-corrected chi connectivity index (χ2v) is 2.55. The zero-order valence-corrected chi connectivity index (χ0v) is 10.1. The number of hydrogen-bond acceptors (Lipinski definition) is 2. The Balaban J connectivity index is 0. The summed E-state index contributed by atoms with van der Waals surface area (Å²) in [6.45, 7) is 8.30. The van der Waals surface area contributed by atoms with Gasteiger partial charge in [0.15, 0.2) is 0 Å². The third kappa shape index (κ3) is 9.13. The van der Waals surface area contributed by atoms with Crippen molar-refractivity contribution in [2.24, 2.45) is 0 Å². The number of benzene rings is 1. The Kier molecular flexibility index (Phi) is 13.3. The Morgan fingerprint density at radius 2 is 1.71 bits per heavy atom. The molecular weight excluding hydrogens is 196 g/mol. The Bertz CT molecular complexity index is 266. The van der Waals surface area contributed by atoms with Gasteiger partial charge in [0.2, 0.25) is 0 Å². The number of rotatable bonds is 1. The largest absolute Gasteiger partial charge is 0.335 e. The first-order valence-corrected chi connectivity index (χ1v) is 5.38. The molecule has 0 spiro atoms. The summed E-state index contributed by atoms with van der Waals surface area (Å²) in [4.78, 5) is 0. The van der Waals surface area contributed by atoms with Gasteiger partial charge in [-0.05, 0) is 18.9 Å². The molecule has 1 aromatic carbocycles. The normalized spacial score (nSPS) is 7.43. The van der Waals surface area contributed by atoms with E-state index in [0.717, 1.165) is 6.42 Å². The summed E-state index contributed by atoms with van der Waals surface area (Å²) in [5.74, 6) is 0. The van der Waals surface area contributed by atoms with Gasteiger partial charge in [-0.1, -0.05) is 50.6 Å². The van der Waals surface area contributed by atoms with E-state index in [1.807, 2.05) is 13.8 Å². The van der Waals surface area contributed by atoms with E-state index in [1.165, 1.54) is 11.1 Å². The molecule has 0 fully saturated rings. The molecule has 0 heterocycles. The molecule has 0 saturated heterocycles. The van der Waals surface area contributed by atoms with Gasteiger partial charge >= 0.3 is 11.6 Å². The van der Waals surface area contributed by atoms with Gasteiger partial charge in [0.05, 0.1) is 0 Å². The van der Waals surface area contributed by atoms with Crippen molar-refractivity contribution < 1.29 is 8.42 Å². The highest BCUT2D eigenvalue weighted by Crippen LogP contribution is 2.03. The summed E-state index contributed by atoms with van der Waals surface area (Å²) in [5, 5.41) is 0. The molecule has 0 atom stereocenters. The summed E-state index contributed by atoms with van der Waals surface area (Å²) in [5.41, 5.74) is 2.78. The van der Waals surface area contributed by atoms with Gasteiger partial charge in [-0.15, -0.1) is 0 Å². The molecule has 0 radical (unpaired) electrons. The van der Waals surface area contributed by atoms with Crippen LogP contribution in [0.5, 0.6) is 0 Å². The summed E-state index contributed by atoms with van der Waals surface area (Å²) < 4.78 is 16.6. The van der Waals surface area contributed by atoms with Crippen LogP contribution >= 0.6 is 0 Å². The van der Waals surface area contributed by atoms with Gasteiger partial charge < -0.3 is 0 Å². The van der Waals surface area contributed by atoms with Crippen LogP contribution in [0.25, 0.3) is 0 Å². The van der Waals surface area contributed by atoms with E-state index in [1.54, 1.807) is 0 Å². The van der Waals surface area contributed by atoms with E-state index in [9.17, 15) is 0 Å². The lowest BCUT2D eigenvalue weighted by atomic mass is 10.1. The average molecular weight is 214 g/mol. The molecule has 0 unspecified atom stereocenters. The Morgan fingerprint density at radius 3 is 2.00 bits per heavy atom. The fourth-order valence-electron chi connectivity index (χ4n) is 0.932. The van der Waals surface area contributed by atoms with Gasteiger partial charge in [0, 0.05) is 0 Å². The van der Waals surface area contributed by atoms with Gasteiger partial charge in [-0.3, -0.25) is 0 Å². The third-order valence-electron chi connectivity index (χ3n) is 1.49. The molecule has 0 aromatic heterocycles. The molecular formula is C11H18O2S. The second kappa shape index (κ2) is 12.0. The van der Waals surface area contributed by atoms with Crippen LogP contribution in [0, 0.1) is 6.92 Å². The van der Waals surface area contributed by atoms with Crippen LogP contribution in [-0.4, -0.2) is 8.42 Å². The molecule has 0 bridgehead atoms. The first kappa shape index (κ1) is 15.5. The predicted molar refractivity (Wildman–Crippen MR) is 60.8 cm³/mol. The Morgan fingerprint density at radius 1 is 1.21 bits per heavy atom. The molecule has 2 nitrogen and oxygen atoms in total. The molecule has 0 aliphatic heterocycles. The lowest BCUT2D eigenvalue weighted by Crippen LogP contribution is -1.78. The van der Waals surface area contributed by atoms with E-state index in [4.69, 9.17) is 8.42 Å². The Labute approximate surface area is 90.0 Å². The molecule has 0 amide bonds. The van der Waals surface area contributed by atoms with Gasteiger partial charge in [-0.2, -0.15) is 8.42 Å². The van der Waals surface area contributed by atoms with E-state index < -0.39 is 11.6 Å². The van der Waals surface area contributed by atoms with Crippen molar-refractivity contribution in [3.05, 3.63) is 35.4 Å². The maximum absolute atomic E-state index is 8.29. The summed E-state index contributed by atoms with van der Waals surface area (Å²) >= 11 is -0.750. The highest BCUT2D eigenvalue weighted by atomic mass is 32.1. The molecule has 1 rings (SSSR count). The SMILES string of the molecule is CC.CCc1cccc(C)c1.O=S=O. The fraction of sp³-hybridized carbons (Fsp3) is 0.455. The highest BCUT2D eigenvalue weighted by Gasteiger charge is 1.85. The van der Waals surface area contributed by atoms with Crippen LogP contribution in [-0.2, 0) is 18.0 Å². The summed E-state index contributed by atoms with van der Waals surface area (Å²) in [6, 6.07) is 8.61. The molecule has 0 N–H and O–H groups in total. The minimum Gasteiger partial charge on any atom is -0.168 e. The zero-order valence-electron chi connectivity index (χ0n) is 9.24. The molecule has 80 valence electrons. The first-order chi connectivity index (χ1) is 6.74. The van der Waals surface area contributed by atoms with Crippen molar-refractivity contribution in [1.29, 1.82) is 0 Å². The number of hydrogen-bond donors (Lipinski definition) is 0. The van der Waals surface area contributed by atoms with E-state index >= 15 is 0 Å². The molecule has 14 heavy (non-hydrogen) atoms. The van der Waals surface area contributed by atoms with Crippen LogP contribution in [0.4, 0.5) is 0 Å². The van der Waals surface area contributed by atoms with Gasteiger partial charge in [-0.25, -0.2) is 0 Å². The van der Waals surface area contributed by atoms with Crippen molar-refractivity contribution >= 4 is 11.6 Å². The molecule has 0 saturated carbocycles. The third-order valence-corrected chi connectivity index (χ3v) is 1.49. The minimum absolute atomic E-state index is 0.750. The topological polar surface area (TPSA) is 34.1 Å². The van der Waals surface area contributed by atoms with E-state index in [0.29, 0.717) is 0 Å². The van der Waals surface area contributed by atoms with E-state index in [2.05, 4.69) is 38.1 Å². The quantitative estimate of drug-likeness (QED) is 0.720. The van der Waals surface area contributed by atoms with Crippen molar-refractivity contribution in [1.82, 2.24) is 0 Å². The monoisotopic (exact) mass is 214 g/mol. The summed E-state index contributed by atoms with van der Waals surface area (Å²) in [7, 11) is 0. The van der Waals surface area contributed by atoms with Crippen molar-refractivity contribution in [2.75, 3.05) is 0 Å². The average Bonchev–Trinajstić information content (AvgIpc) is 2.22. The number of aryl methyl sites for hydroxylation is 2. The Hall–Kier alpha value is -0.960.